The minimum Gasteiger partial charge on any atom is -0.343 e. The fraction of sp³-hybridized carbons (Fsp3) is 0.867. The topological polar surface area (TPSA) is 78.7 Å². The fourth-order valence-corrected chi connectivity index (χ4v) is 3.05. The largest absolute Gasteiger partial charge is 0.343 e. The van der Waals surface area contributed by atoms with Crippen molar-refractivity contribution in [3.63, 3.8) is 0 Å². The lowest BCUT2D eigenvalue weighted by Crippen LogP contribution is -2.51. The van der Waals surface area contributed by atoms with Crippen molar-refractivity contribution in [3.8, 4) is 0 Å². The number of hydrogen-bond acceptors (Lipinski definition) is 4. The van der Waals surface area contributed by atoms with Gasteiger partial charge >= 0.3 is 0 Å². The van der Waals surface area contributed by atoms with Crippen molar-refractivity contribution in [3.05, 3.63) is 0 Å². The summed E-state index contributed by atoms with van der Waals surface area (Å²) in [6.45, 7) is 5.52. The third kappa shape index (κ3) is 4.97. The summed E-state index contributed by atoms with van der Waals surface area (Å²) in [7, 11) is 0. The number of likely N-dealkylation sites (tertiary alicyclic amines) is 2. The van der Waals surface area contributed by atoms with E-state index in [4.69, 9.17) is 5.73 Å². The Morgan fingerprint density at radius 3 is 2.38 bits per heavy atom. The van der Waals surface area contributed by atoms with Gasteiger partial charge in [0.15, 0.2) is 0 Å². The van der Waals surface area contributed by atoms with Crippen LogP contribution in [0.25, 0.3) is 0 Å². The van der Waals surface area contributed by atoms with Gasteiger partial charge in [-0.15, -0.1) is 0 Å². The predicted octanol–water partition coefficient (Wildman–Crippen LogP) is -0.0733. The van der Waals surface area contributed by atoms with Gasteiger partial charge < -0.3 is 16.0 Å². The average Bonchev–Trinajstić information content (AvgIpc) is 2.49. The van der Waals surface area contributed by atoms with Crippen molar-refractivity contribution in [1.82, 2.24) is 15.1 Å². The van der Waals surface area contributed by atoms with E-state index in [1.54, 1.807) is 6.92 Å². The van der Waals surface area contributed by atoms with Crippen molar-refractivity contribution in [1.29, 1.82) is 0 Å². The molecule has 2 rings (SSSR count). The molecule has 0 aromatic rings. The molecule has 6 nitrogen and oxygen atoms in total. The van der Waals surface area contributed by atoms with E-state index in [-0.39, 0.29) is 17.9 Å². The number of hydrogen-bond donors (Lipinski definition) is 2. The number of nitrogens with zero attached hydrogens (tertiary/aromatic N) is 2. The molecule has 2 fully saturated rings. The molecule has 1 unspecified atom stereocenters. The van der Waals surface area contributed by atoms with E-state index >= 15 is 0 Å². The molecule has 2 aliphatic heterocycles. The Bertz CT molecular complexity index is 361. The summed E-state index contributed by atoms with van der Waals surface area (Å²) < 4.78 is 0. The Morgan fingerprint density at radius 1 is 1.14 bits per heavy atom. The van der Waals surface area contributed by atoms with Crippen LogP contribution >= 0.6 is 0 Å². The van der Waals surface area contributed by atoms with Gasteiger partial charge in [-0.05, 0) is 39.0 Å². The SMILES string of the molecule is CC(NC(=O)CN1CCC(N)CC1)C(=O)N1CCCCC1. The lowest BCUT2D eigenvalue weighted by Gasteiger charge is -2.31. The van der Waals surface area contributed by atoms with Crippen LogP contribution in [0, 0.1) is 0 Å². The average molecular weight is 296 g/mol. The maximum absolute atomic E-state index is 12.2. The number of carbonyl (C=O) groups excluding carboxylic acids is 2. The molecule has 2 amide bonds. The summed E-state index contributed by atoms with van der Waals surface area (Å²) in [6.07, 6.45) is 5.22. The molecule has 0 aromatic carbocycles. The maximum atomic E-state index is 12.2. The Kier molecular flexibility index (Phi) is 5.99. The van der Waals surface area contributed by atoms with Crippen LogP contribution in [-0.4, -0.2) is 66.4 Å². The fourth-order valence-electron chi connectivity index (χ4n) is 3.05. The monoisotopic (exact) mass is 296 g/mol. The van der Waals surface area contributed by atoms with Crippen LogP contribution in [0.4, 0.5) is 0 Å². The van der Waals surface area contributed by atoms with Crippen LogP contribution < -0.4 is 11.1 Å². The van der Waals surface area contributed by atoms with E-state index in [0.29, 0.717) is 6.54 Å². The van der Waals surface area contributed by atoms with Crippen molar-refractivity contribution < 1.29 is 9.59 Å². The summed E-state index contributed by atoms with van der Waals surface area (Å²) >= 11 is 0. The van der Waals surface area contributed by atoms with E-state index in [2.05, 4.69) is 10.2 Å². The van der Waals surface area contributed by atoms with E-state index in [0.717, 1.165) is 51.9 Å². The summed E-state index contributed by atoms with van der Waals surface area (Å²) in [5.41, 5.74) is 5.85. The second-order valence-corrected chi connectivity index (χ2v) is 6.29. The Balaban J connectivity index is 1.72. The highest BCUT2D eigenvalue weighted by atomic mass is 16.2. The normalized spacial score (nSPS) is 22.9. The van der Waals surface area contributed by atoms with Gasteiger partial charge in [-0.25, -0.2) is 0 Å². The first-order valence-corrected chi connectivity index (χ1v) is 8.12. The van der Waals surface area contributed by atoms with E-state index in [9.17, 15) is 9.59 Å². The lowest BCUT2D eigenvalue weighted by atomic mass is 10.1. The molecule has 2 heterocycles. The van der Waals surface area contributed by atoms with Gasteiger partial charge in [-0.3, -0.25) is 14.5 Å². The van der Waals surface area contributed by atoms with E-state index in [1.165, 1.54) is 6.42 Å². The smallest absolute Gasteiger partial charge is 0.244 e. The molecule has 2 aliphatic rings. The standard InChI is InChI=1S/C15H28N4O2/c1-12(15(21)19-7-3-2-4-8-19)17-14(20)11-18-9-5-13(16)6-10-18/h12-13H,2-11,16H2,1H3,(H,17,20). The first kappa shape index (κ1) is 16.2. The first-order chi connectivity index (χ1) is 10.1. The van der Waals surface area contributed by atoms with Gasteiger partial charge in [-0.1, -0.05) is 0 Å². The quantitative estimate of drug-likeness (QED) is 0.761. The molecule has 3 N–H and O–H groups in total. The van der Waals surface area contributed by atoms with Gasteiger partial charge in [-0.2, -0.15) is 0 Å². The molecule has 0 bridgehead atoms. The highest BCUT2D eigenvalue weighted by molar-refractivity contribution is 5.88. The minimum absolute atomic E-state index is 0.0451. The van der Waals surface area contributed by atoms with Crippen LogP contribution in [-0.2, 0) is 9.59 Å². The van der Waals surface area contributed by atoms with Crippen LogP contribution in [0.15, 0.2) is 0 Å². The lowest BCUT2D eigenvalue weighted by molar-refractivity contribution is -0.137. The zero-order valence-electron chi connectivity index (χ0n) is 13.0. The molecular formula is C15H28N4O2. The minimum atomic E-state index is -0.428. The van der Waals surface area contributed by atoms with Gasteiger partial charge in [0.25, 0.3) is 0 Å². The Morgan fingerprint density at radius 2 is 1.76 bits per heavy atom. The molecule has 0 radical (unpaired) electrons. The van der Waals surface area contributed by atoms with Gasteiger partial charge in [0, 0.05) is 32.2 Å². The number of rotatable bonds is 4. The molecule has 0 saturated carbocycles. The zero-order valence-corrected chi connectivity index (χ0v) is 13.0. The first-order valence-electron chi connectivity index (χ1n) is 8.12. The number of nitrogens with one attached hydrogen (secondary N) is 1. The second kappa shape index (κ2) is 7.75. The number of carbonyl (C=O) groups is 2. The zero-order chi connectivity index (χ0) is 15.2. The molecule has 0 aromatic heterocycles. The predicted molar refractivity (Wildman–Crippen MR) is 81.7 cm³/mol. The Hall–Kier alpha value is -1.14. The van der Waals surface area contributed by atoms with Gasteiger partial charge in [0.1, 0.15) is 6.04 Å². The summed E-state index contributed by atoms with van der Waals surface area (Å²) in [6, 6.07) is -0.161. The molecule has 0 aliphatic carbocycles. The van der Waals surface area contributed by atoms with Crippen molar-refractivity contribution in [2.75, 3.05) is 32.7 Å². The van der Waals surface area contributed by atoms with Crippen LogP contribution in [0.1, 0.15) is 39.0 Å². The molecule has 1 atom stereocenters. The highest BCUT2D eigenvalue weighted by Crippen LogP contribution is 2.10. The van der Waals surface area contributed by atoms with Gasteiger partial charge in [0.2, 0.25) is 11.8 Å². The van der Waals surface area contributed by atoms with Crippen molar-refractivity contribution >= 4 is 11.8 Å². The molecular weight excluding hydrogens is 268 g/mol. The second-order valence-electron chi connectivity index (χ2n) is 6.29. The van der Waals surface area contributed by atoms with Gasteiger partial charge in [0.05, 0.1) is 6.54 Å². The van der Waals surface area contributed by atoms with E-state index < -0.39 is 6.04 Å². The summed E-state index contributed by atoms with van der Waals surface area (Å²) in [5.74, 6) is -0.0213. The number of amides is 2. The molecule has 120 valence electrons. The van der Waals surface area contributed by atoms with Crippen molar-refractivity contribution in [2.45, 2.75) is 51.1 Å². The summed E-state index contributed by atoms with van der Waals surface area (Å²) in [4.78, 5) is 28.3. The maximum Gasteiger partial charge on any atom is 0.244 e. The number of piperidine rings is 2. The summed E-state index contributed by atoms with van der Waals surface area (Å²) in [5, 5.41) is 2.83. The molecule has 6 heteroatoms. The molecule has 0 spiro atoms. The Labute approximate surface area is 127 Å². The third-order valence-corrected chi connectivity index (χ3v) is 4.42. The van der Waals surface area contributed by atoms with E-state index in [1.807, 2.05) is 4.90 Å². The van der Waals surface area contributed by atoms with Crippen LogP contribution in [0.5, 0.6) is 0 Å². The molecule has 2 saturated heterocycles. The third-order valence-electron chi connectivity index (χ3n) is 4.42. The van der Waals surface area contributed by atoms with Crippen LogP contribution in [0.3, 0.4) is 0 Å². The highest BCUT2D eigenvalue weighted by Gasteiger charge is 2.24. The number of nitrogens with two attached hydrogens (primary N) is 1. The van der Waals surface area contributed by atoms with Crippen LogP contribution in [0.2, 0.25) is 0 Å². The molecule has 21 heavy (non-hydrogen) atoms. The van der Waals surface area contributed by atoms with Crippen molar-refractivity contribution in [2.24, 2.45) is 5.73 Å².